The highest BCUT2D eigenvalue weighted by molar-refractivity contribution is 5.85. The van der Waals surface area contributed by atoms with E-state index in [-0.39, 0.29) is 30.3 Å². The largest absolute Gasteiger partial charge is 0.469 e. The Labute approximate surface area is 124 Å². The van der Waals surface area contributed by atoms with Crippen molar-refractivity contribution >= 4 is 29.3 Å². The molecule has 0 fully saturated rings. The smallest absolute Gasteiger partial charge is 0.309 e. The first-order chi connectivity index (χ1) is 9.11. The molecule has 0 bridgehead atoms. The van der Waals surface area contributed by atoms with Gasteiger partial charge in [0, 0.05) is 17.6 Å². The first-order valence-corrected chi connectivity index (χ1v) is 6.29. The fourth-order valence-corrected chi connectivity index (χ4v) is 2.04. The Morgan fingerprint density at radius 3 is 2.80 bits per heavy atom. The zero-order valence-corrected chi connectivity index (χ0v) is 12.4. The molecule has 0 aliphatic rings. The second-order valence-electron chi connectivity index (χ2n) is 4.72. The zero-order chi connectivity index (χ0) is 13.8. The lowest BCUT2D eigenvalue weighted by molar-refractivity contribution is -0.145. The van der Waals surface area contributed by atoms with Crippen LogP contribution in [0.2, 0.25) is 0 Å². The van der Waals surface area contributed by atoms with E-state index in [4.69, 9.17) is 10.5 Å². The fraction of sp³-hybridized carbons (Fsp3) is 0.333. The summed E-state index contributed by atoms with van der Waals surface area (Å²) >= 11 is 0. The van der Waals surface area contributed by atoms with Crippen molar-refractivity contribution < 1.29 is 9.53 Å². The Kier molecular flexibility index (Phi) is 5.92. The molecule has 0 radical (unpaired) electrons. The molecule has 1 aromatic carbocycles. The number of nitrogens with zero attached hydrogens (tertiary/aromatic N) is 1. The summed E-state index contributed by atoms with van der Waals surface area (Å²) in [5.41, 5.74) is 8.03. The molecule has 2 rings (SSSR count). The maximum Gasteiger partial charge on any atom is 0.309 e. The predicted molar refractivity (Wildman–Crippen MR) is 81.9 cm³/mol. The standard InChI is InChI=1S/C15H18N2O2.ClH/c1-10(15(18)19-2)13(16)8-11-7-12-5-3-4-6-14(12)17-9-11;/h3-7,9-10,13H,8,16H2,1-2H3;1H. The van der Waals surface area contributed by atoms with Crippen molar-refractivity contribution in [1.82, 2.24) is 4.98 Å². The van der Waals surface area contributed by atoms with E-state index < -0.39 is 0 Å². The summed E-state index contributed by atoms with van der Waals surface area (Å²) in [6.45, 7) is 1.78. The van der Waals surface area contributed by atoms with Crippen molar-refractivity contribution in [3.05, 3.63) is 42.1 Å². The van der Waals surface area contributed by atoms with Gasteiger partial charge in [-0.15, -0.1) is 12.4 Å². The quantitative estimate of drug-likeness (QED) is 0.879. The third-order valence-corrected chi connectivity index (χ3v) is 3.33. The lowest BCUT2D eigenvalue weighted by Crippen LogP contribution is -2.36. The van der Waals surface area contributed by atoms with Gasteiger partial charge in [0.25, 0.3) is 0 Å². The second kappa shape index (κ2) is 7.22. The van der Waals surface area contributed by atoms with Gasteiger partial charge in [-0.3, -0.25) is 9.78 Å². The molecular weight excluding hydrogens is 276 g/mol. The SMILES string of the molecule is COC(=O)C(C)C(N)Cc1cnc2ccccc2c1.Cl. The Morgan fingerprint density at radius 2 is 2.10 bits per heavy atom. The van der Waals surface area contributed by atoms with Crippen LogP contribution in [0.5, 0.6) is 0 Å². The van der Waals surface area contributed by atoms with Crippen LogP contribution in [-0.4, -0.2) is 24.1 Å². The van der Waals surface area contributed by atoms with Crippen molar-refractivity contribution in [1.29, 1.82) is 0 Å². The van der Waals surface area contributed by atoms with Crippen LogP contribution >= 0.6 is 12.4 Å². The number of halogens is 1. The number of aromatic nitrogens is 1. The number of hydrogen-bond donors (Lipinski definition) is 1. The highest BCUT2D eigenvalue weighted by atomic mass is 35.5. The van der Waals surface area contributed by atoms with Crippen molar-refractivity contribution in [2.75, 3.05) is 7.11 Å². The van der Waals surface area contributed by atoms with E-state index in [9.17, 15) is 4.79 Å². The van der Waals surface area contributed by atoms with Crippen LogP contribution in [0.1, 0.15) is 12.5 Å². The maximum atomic E-state index is 11.4. The summed E-state index contributed by atoms with van der Waals surface area (Å²) in [7, 11) is 1.38. The summed E-state index contributed by atoms with van der Waals surface area (Å²) < 4.78 is 4.71. The Morgan fingerprint density at radius 1 is 1.40 bits per heavy atom. The number of methoxy groups -OCH3 is 1. The van der Waals surface area contributed by atoms with Crippen molar-refractivity contribution in [3.8, 4) is 0 Å². The molecule has 0 saturated carbocycles. The molecule has 2 N–H and O–H groups in total. The molecule has 0 saturated heterocycles. The van der Waals surface area contributed by atoms with Crippen LogP contribution in [0.15, 0.2) is 36.5 Å². The third kappa shape index (κ3) is 3.68. The number of fused-ring (bicyclic) bond motifs is 1. The lowest BCUT2D eigenvalue weighted by atomic mass is 9.96. The molecule has 0 spiro atoms. The molecule has 2 atom stereocenters. The first kappa shape index (κ1) is 16.4. The van der Waals surface area contributed by atoms with Crippen LogP contribution in [0.25, 0.3) is 10.9 Å². The van der Waals surface area contributed by atoms with Crippen molar-refractivity contribution in [2.45, 2.75) is 19.4 Å². The maximum absolute atomic E-state index is 11.4. The third-order valence-electron chi connectivity index (χ3n) is 3.33. The molecule has 1 heterocycles. The van der Waals surface area contributed by atoms with Crippen LogP contribution in [0.4, 0.5) is 0 Å². The number of esters is 1. The summed E-state index contributed by atoms with van der Waals surface area (Å²) in [6.07, 6.45) is 2.42. The molecule has 2 unspecified atom stereocenters. The average Bonchev–Trinajstić information content (AvgIpc) is 2.45. The molecule has 0 amide bonds. The summed E-state index contributed by atoms with van der Waals surface area (Å²) in [4.78, 5) is 15.8. The minimum Gasteiger partial charge on any atom is -0.469 e. The fourth-order valence-electron chi connectivity index (χ4n) is 2.04. The number of ether oxygens (including phenoxy) is 1. The zero-order valence-electron chi connectivity index (χ0n) is 11.6. The van der Waals surface area contributed by atoms with Crippen molar-refractivity contribution in [3.63, 3.8) is 0 Å². The first-order valence-electron chi connectivity index (χ1n) is 6.29. The van der Waals surface area contributed by atoms with E-state index in [0.717, 1.165) is 16.5 Å². The molecule has 108 valence electrons. The van der Waals surface area contributed by atoms with Gasteiger partial charge in [0.1, 0.15) is 0 Å². The monoisotopic (exact) mass is 294 g/mol. The molecule has 0 aliphatic carbocycles. The summed E-state index contributed by atoms with van der Waals surface area (Å²) in [5.74, 6) is -0.599. The van der Waals surface area contributed by atoms with Crippen molar-refractivity contribution in [2.24, 2.45) is 11.7 Å². The average molecular weight is 295 g/mol. The number of pyridine rings is 1. The van der Waals surface area contributed by atoms with Gasteiger partial charge in [-0.2, -0.15) is 0 Å². The van der Waals surface area contributed by atoms with Gasteiger partial charge in [-0.25, -0.2) is 0 Å². The summed E-state index contributed by atoms with van der Waals surface area (Å²) in [6, 6.07) is 9.71. The van der Waals surface area contributed by atoms with Crippen LogP contribution < -0.4 is 5.73 Å². The number of benzene rings is 1. The molecule has 4 nitrogen and oxygen atoms in total. The lowest BCUT2D eigenvalue weighted by Gasteiger charge is -2.17. The van der Waals surface area contributed by atoms with Crippen LogP contribution in [0.3, 0.4) is 0 Å². The van der Waals surface area contributed by atoms with Gasteiger partial charge < -0.3 is 10.5 Å². The Hall–Kier alpha value is -1.65. The van der Waals surface area contributed by atoms with Gasteiger partial charge in [0.05, 0.1) is 18.5 Å². The van der Waals surface area contributed by atoms with Crippen LogP contribution in [0, 0.1) is 5.92 Å². The second-order valence-corrected chi connectivity index (χ2v) is 4.72. The number of carbonyl (C=O) groups is 1. The van der Waals surface area contributed by atoms with Gasteiger partial charge >= 0.3 is 5.97 Å². The predicted octanol–water partition coefficient (Wildman–Crippen LogP) is 2.34. The van der Waals surface area contributed by atoms with Gasteiger partial charge in [0.15, 0.2) is 0 Å². The van der Waals surface area contributed by atoms with Gasteiger partial charge in [-0.05, 0) is 24.1 Å². The molecule has 5 heteroatoms. The molecule has 0 aliphatic heterocycles. The molecule has 1 aromatic heterocycles. The van der Waals surface area contributed by atoms with Gasteiger partial charge in [0.2, 0.25) is 0 Å². The van der Waals surface area contributed by atoms with E-state index >= 15 is 0 Å². The molecular formula is C15H19ClN2O2. The molecule has 20 heavy (non-hydrogen) atoms. The molecule has 2 aromatic rings. The van der Waals surface area contributed by atoms with Crippen LogP contribution in [-0.2, 0) is 16.0 Å². The topological polar surface area (TPSA) is 65.2 Å². The van der Waals surface area contributed by atoms with E-state index in [2.05, 4.69) is 11.1 Å². The minimum atomic E-state index is -0.323. The number of para-hydroxylation sites is 1. The Bertz CT molecular complexity index is 589. The van der Waals surface area contributed by atoms with E-state index in [1.807, 2.05) is 30.5 Å². The number of carbonyl (C=O) groups excluding carboxylic acids is 1. The Balaban J connectivity index is 0.00000200. The number of hydrogen-bond acceptors (Lipinski definition) is 4. The van der Waals surface area contributed by atoms with E-state index in [0.29, 0.717) is 6.42 Å². The highest BCUT2D eigenvalue weighted by Crippen LogP contribution is 2.15. The summed E-state index contributed by atoms with van der Waals surface area (Å²) in [5, 5.41) is 1.08. The highest BCUT2D eigenvalue weighted by Gasteiger charge is 2.21. The van der Waals surface area contributed by atoms with E-state index in [1.54, 1.807) is 6.92 Å². The normalized spacial score (nSPS) is 13.3. The van der Waals surface area contributed by atoms with Gasteiger partial charge in [-0.1, -0.05) is 25.1 Å². The number of rotatable bonds is 4. The number of nitrogens with two attached hydrogens (primary N) is 1. The minimum absolute atomic E-state index is 0. The van der Waals surface area contributed by atoms with E-state index in [1.165, 1.54) is 7.11 Å².